The number of nitrogens with one attached hydrogen (secondary N) is 1. The molecule has 0 amide bonds. The highest BCUT2D eigenvalue weighted by atomic mass is 35.5. The van der Waals surface area contributed by atoms with Crippen LogP contribution >= 0.6 is 23.2 Å². The van der Waals surface area contributed by atoms with E-state index in [1.165, 1.54) is 19.2 Å². The number of halogens is 4. The fraction of sp³-hybridized carbons (Fsp3) is 0.297. The first kappa shape index (κ1) is 36.7. The predicted molar refractivity (Wildman–Crippen MR) is 194 cm³/mol. The van der Waals surface area contributed by atoms with Crippen molar-refractivity contribution in [1.82, 2.24) is 15.2 Å². The summed E-state index contributed by atoms with van der Waals surface area (Å²) in [5.74, 6) is -0.452. The second-order valence-corrected chi connectivity index (χ2v) is 12.3. The summed E-state index contributed by atoms with van der Waals surface area (Å²) in [6.07, 6.45) is 1.91. The summed E-state index contributed by atoms with van der Waals surface area (Å²) in [5.41, 5.74) is 12.0. The van der Waals surface area contributed by atoms with E-state index in [9.17, 15) is 13.9 Å². The molecule has 4 aromatic rings. The van der Waals surface area contributed by atoms with Crippen LogP contribution in [0.1, 0.15) is 52.8 Å². The van der Waals surface area contributed by atoms with Crippen LogP contribution < -0.4 is 15.8 Å². The number of hydrogen-bond acceptors (Lipinski definition) is 7. The van der Waals surface area contributed by atoms with Gasteiger partial charge in [0.1, 0.15) is 23.0 Å². The summed E-state index contributed by atoms with van der Waals surface area (Å²) >= 11 is 13.2. The van der Waals surface area contributed by atoms with Gasteiger partial charge in [0.2, 0.25) is 0 Å². The van der Waals surface area contributed by atoms with E-state index < -0.39 is 18.4 Å². The largest absolute Gasteiger partial charge is 0.505 e. The lowest BCUT2D eigenvalue weighted by Gasteiger charge is -2.24. The average molecular weight is 697 g/mol. The molecule has 0 aliphatic carbocycles. The number of methoxy groups -OCH3 is 1. The van der Waals surface area contributed by atoms with Crippen LogP contribution in [0.4, 0.5) is 14.5 Å². The molecule has 4 N–H and O–H groups in total. The summed E-state index contributed by atoms with van der Waals surface area (Å²) < 4.78 is 32.8. The molecule has 48 heavy (non-hydrogen) atoms. The Hall–Kier alpha value is -4.18. The van der Waals surface area contributed by atoms with E-state index >= 15 is 0 Å². The van der Waals surface area contributed by atoms with E-state index in [0.717, 1.165) is 12.1 Å². The molecule has 0 saturated carbocycles. The van der Waals surface area contributed by atoms with Crippen molar-refractivity contribution < 1.29 is 18.6 Å². The monoisotopic (exact) mass is 695 g/mol. The molecule has 0 aliphatic rings. The van der Waals surface area contributed by atoms with Gasteiger partial charge in [0.15, 0.2) is 0 Å². The zero-order valence-corrected chi connectivity index (χ0v) is 29.1. The Kier molecular flexibility index (Phi) is 12.8. The summed E-state index contributed by atoms with van der Waals surface area (Å²) in [5, 5.41) is 15.6. The van der Waals surface area contributed by atoms with Crippen LogP contribution in [-0.4, -0.2) is 61.7 Å². The number of rotatable bonds is 15. The third-order valence-corrected chi connectivity index (χ3v) is 9.10. The maximum absolute atomic E-state index is 14.7. The van der Waals surface area contributed by atoms with Gasteiger partial charge in [-0.2, -0.15) is 0 Å². The summed E-state index contributed by atoms with van der Waals surface area (Å²) in [7, 11) is 3.47. The number of aromatic nitrogens is 1. The minimum atomic E-state index is -0.486. The highest BCUT2D eigenvalue weighted by Gasteiger charge is 2.24. The zero-order chi connectivity index (χ0) is 35.0. The molecule has 0 bridgehead atoms. The van der Waals surface area contributed by atoms with Crippen molar-refractivity contribution in [1.29, 1.82) is 0 Å². The van der Waals surface area contributed by atoms with E-state index in [4.69, 9.17) is 38.7 Å². The van der Waals surface area contributed by atoms with E-state index in [2.05, 4.69) is 21.8 Å². The lowest BCUT2D eigenvalue weighted by atomic mass is 9.92. The number of aliphatic imine (C=N–C) groups is 1. The molecular formula is C37H41Cl2F2N5O2. The number of hydrogen-bond donors (Lipinski definition) is 3. The molecule has 0 fully saturated rings. The van der Waals surface area contributed by atoms with Gasteiger partial charge in [0.25, 0.3) is 0 Å². The topological polar surface area (TPSA) is 96.0 Å². The van der Waals surface area contributed by atoms with Gasteiger partial charge in [-0.15, -0.1) is 0 Å². The number of ether oxygens (including phenoxy) is 1. The zero-order valence-electron chi connectivity index (χ0n) is 27.6. The Morgan fingerprint density at radius 1 is 1.19 bits per heavy atom. The summed E-state index contributed by atoms with van der Waals surface area (Å²) in [4.78, 5) is 11.3. The summed E-state index contributed by atoms with van der Waals surface area (Å²) in [6.45, 7) is 9.44. The molecule has 0 saturated heterocycles. The van der Waals surface area contributed by atoms with Crippen LogP contribution in [0.5, 0.6) is 11.5 Å². The Morgan fingerprint density at radius 3 is 2.65 bits per heavy atom. The smallest absolute Gasteiger partial charge is 0.146 e. The van der Waals surface area contributed by atoms with Crippen LogP contribution in [0, 0.1) is 12.7 Å². The standard InChI is InChI=1S/C37H41Cl2F2N5O2/c1-6-46(4)21-27-17-31(45-36(37(27)47)29-12-11-22(2)33(38)34(29)39)30(24-9-7-10-28(41)16-24)20-44-23(3)25-15-26(19-43-14-8-13-40)35(42)32(18-25)48-5/h7,9-12,15-19,30,44,47H,3,6,8,13-14,20-21,42H2,1-2,4-5H3. The van der Waals surface area contributed by atoms with Gasteiger partial charge >= 0.3 is 0 Å². The van der Waals surface area contributed by atoms with E-state index in [1.54, 1.807) is 24.4 Å². The number of anilines is 1. The van der Waals surface area contributed by atoms with Crippen LogP contribution in [-0.2, 0) is 6.54 Å². The van der Waals surface area contributed by atoms with Crippen molar-refractivity contribution in [3.63, 3.8) is 0 Å². The Labute approximate surface area is 291 Å². The third-order valence-electron chi connectivity index (χ3n) is 8.12. The van der Waals surface area contributed by atoms with Crippen molar-refractivity contribution in [2.75, 3.05) is 46.2 Å². The average Bonchev–Trinajstić information content (AvgIpc) is 3.07. The molecule has 0 radical (unpaired) electrons. The number of nitrogens with zero attached hydrogens (tertiary/aromatic N) is 3. The minimum absolute atomic E-state index is 0.00842. The van der Waals surface area contributed by atoms with Crippen molar-refractivity contribution in [3.05, 3.63) is 111 Å². The Balaban J connectivity index is 1.80. The first-order valence-electron chi connectivity index (χ1n) is 15.6. The molecule has 254 valence electrons. The van der Waals surface area contributed by atoms with Gasteiger partial charge in [0, 0.05) is 59.7 Å². The number of nitrogens with two attached hydrogens (primary N) is 1. The van der Waals surface area contributed by atoms with Crippen molar-refractivity contribution in [2.45, 2.75) is 32.7 Å². The van der Waals surface area contributed by atoms with Gasteiger partial charge in [-0.25, -0.2) is 9.37 Å². The number of nitrogen functional groups attached to an aromatic ring is 1. The lowest BCUT2D eigenvalue weighted by Crippen LogP contribution is -2.23. The maximum Gasteiger partial charge on any atom is 0.146 e. The molecule has 1 atom stereocenters. The van der Waals surface area contributed by atoms with E-state index in [1.807, 2.05) is 45.2 Å². The quantitative estimate of drug-likeness (QED) is 0.0657. The molecule has 1 unspecified atom stereocenters. The third kappa shape index (κ3) is 8.64. The number of aromatic hydroxyl groups is 1. The summed E-state index contributed by atoms with van der Waals surface area (Å²) in [6, 6.07) is 15.4. The normalized spacial score (nSPS) is 12.1. The van der Waals surface area contributed by atoms with E-state index in [-0.39, 0.29) is 23.0 Å². The molecule has 11 heteroatoms. The van der Waals surface area contributed by atoms with Crippen molar-refractivity contribution in [3.8, 4) is 22.8 Å². The first-order valence-corrected chi connectivity index (χ1v) is 16.3. The molecule has 3 aromatic carbocycles. The van der Waals surface area contributed by atoms with Gasteiger partial charge < -0.3 is 25.8 Å². The highest BCUT2D eigenvalue weighted by molar-refractivity contribution is 6.44. The molecule has 0 aliphatic heterocycles. The molecule has 4 rings (SSSR count). The second kappa shape index (κ2) is 16.8. The fourth-order valence-corrected chi connectivity index (χ4v) is 5.65. The lowest BCUT2D eigenvalue weighted by molar-refractivity contribution is 0.337. The van der Waals surface area contributed by atoms with Gasteiger partial charge in [-0.3, -0.25) is 9.38 Å². The van der Waals surface area contributed by atoms with E-state index in [0.29, 0.717) is 75.2 Å². The van der Waals surface area contributed by atoms with Crippen molar-refractivity contribution in [2.24, 2.45) is 4.99 Å². The molecule has 1 aromatic heterocycles. The van der Waals surface area contributed by atoms with Gasteiger partial charge in [-0.1, -0.05) is 61.0 Å². The molecule has 7 nitrogen and oxygen atoms in total. The Morgan fingerprint density at radius 2 is 1.96 bits per heavy atom. The molecule has 1 heterocycles. The van der Waals surface area contributed by atoms with Gasteiger partial charge in [-0.05, 0) is 68.4 Å². The predicted octanol–water partition coefficient (Wildman–Crippen LogP) is 8.42. The number of alkyl halides is 1. The minimum Gasteiger partial charge on any atom is -0.505 e. The van der Waals surface area contributed by atoms with Crippen LogP contribution in [0.25, 0.3) is 17.0 Å². The molecule has 0 spiro atoms. The van der Waals surface area contributed by atoms with Gasteiger partial charge in [0.05, 0.1) is 35.2 Å². The number of pyridine rings is 1. The number of benzene rings is 3. The second-order valence-electron chi connectivity index (χ2n) is 11.5. The fourth-order valence-electron chi connectivity index (χ4n) is 5.19. The van der Waals surface area contributed by atoms with Crippen molar-refractivity contribution >= 4 is 40.8 Å². The first-order chi connectivity index (χ1) is 23.0. The molecular weight excluding hydrogens is 655 g/mol. The highest BCUT2D eigenvalue weighted by Crippen LogP contribution is 2.41. The SMILES string of the molecule is C=C(NCC(c1cccc(F)c1)c1cc(CN(C)CC)c(O)c(-c2ccc(C)c(Cl)c2Cl)n1)c1cc(C=NCCCF)c(N)c(OC)c1. The van der Waals surface area contributed by atoms with Crippen LogP contribution in [0.3, 0.4) is 0 Å². The van der Waals surface area contributed by atoms with Crippen LogP contribution in [0.15, 0.2) is 66.2 Å². The maximum atomic E-state index is 14.7. The Bertz CT molecular complexity index is 1800. The van der Waals surface area contributed by atoms with Crippen LogP contribution in [0.2, 0.25) is 10.0 Å². The number of aryl methyl sites for hydroxylation is 1.